The van der Waals surface area contributed by atoms with Gasteiger partial charge in [0.25, 0.3) is 0 Å². The summed E-state index contributed by atoms with van der Waals surface area (Å²) in [5.74, 6) is 0.473. The van der Waals surface area contributed by atoms with E-state index in [1.807, 2.05) is 54.6 Å². The fraction of sp³-hybridized carbons (Fsp3) is 0.250. The van der Waals surface area contributed by atoms with E-state index >= 15 is 0 Å². The second-order valence-electron chi connectivity index (χ2n) is 4.98. The van der Waals surface area contributed by atoms with Crippen LogP contribution in [0.5, 0.6) is 5.75 Å². The quantitative estimate of drug-likeness (QED) is 0.756. The molecule has 0 saturated carbocycles. The summed E-state index contributed by atoms with van der Waals surface area (Å²) in [5.41, 5.74) is 2.05. The molecule has 0 aliphatic heterocycles. The minimum atomic E-state index is -3.50. The summed E-state index contributed by atoms with van der Waals surface area (Å²) in [6, 6.07) is 17.6. The first-order valence-electron chi connectivity index (χ1n) is 6.65. The lowest BCUT2D eigenvalue weighted by Crippen LogP contribution is -2.16. The highest BCUT2D eigenvalue weighted by molar-refractivity contribution is 8.13. The van der Waals surface area contributed by atoms with E-state index in [1.165, 1.54) is 0 Å². The van der Waals surface area contributed by atoms with Crippen LogP contribution in [0.3, 0.4) is 0 Å². The molecule has 0 fully saturated rings. The lowest BCUT2D eigenvalue weighted by atomic mass is 10.0. The van der Waals surface area contributed by atoms with E-state index in [0.29, 0.717) is 6.61 Å². The molecule has 0 radical (unpaired) electrons. The average Bonchev–Trinajstić information content (AvgIpc) is 2.45. The predicted octanol–water partition coefficient (Wildman–Crippen LogP) is 3.94. The molecule has 2 rings (SSSR count). The fourth-order valence-corrected chi connectivity index (χ4v) is 3.49. The van der Waals surface area contributed by atoms with E-state index in [9.17, 15) is 8.42 Å². The second-order valence-corrected chi connectivity index (χ2v) is 7.81. The third-order valence-electron chi connectivity index (χ3n) is 2.98. The summed E-state index contributed by atoms with van der Waals surface area (Å²) in [6.45, 7) is 2.10. The summed E-state index contributed by atoms with van der Waals surface area (Å²) < 4.78 is 27.9. The van der Waals surface area contributed by atoms with Gasteiger partial charge in [-0.3, -0.25) is 0 Å². The average molecular weight is 325 g/mol. The summed E-state index contributed by atoms with van der Waals surface area (Å²) in [7, 11) is 1.76. The number of halogens is 1. The number of ether oxygens (including phenoxy) is 1. The van der Waals surface area contributed by atoms with E-state index in [-0.39, 0.29) is 11.7 Å². The van der Waals surface area contributed by atoms with Gasteiger partial charge < -0.3 is 4.74 Å². The molecule has 0 heterocycles. The van der Waals surface area contributed by atoms with Crippen LogP contribution in [0.15, 0.2) is 54.6 Å². The van der Waals surface area contributed by atoms with Gasteiger partial charge in [0.2, 0.25) is 9.05 Å². The van der Waals surface area contributed by atoms with E-state index in [1.54, 1.807) is 6.92 Å². The normalized spacial score (nSPS) is 12.9. The van der Waals surface area contributed by atoms with E-state index in [0.717, 1.165) is 16.9 Å². The maximum Gasteiger partial charge on any atom is 0.232 e. The van der Waals surface area contributed by atoms with Crippen molar-refractivity contribution in [3.8, 4) is 16.9 Å². The zero-order valence-electron chi connectivity index (χ0n) is 11.7. The van der Waals surface area contributed by atoms with E-state index in [4.69, 9.17) is 15.4 Å². The zero-order chi connectivity index (χ0) is 15.3. The topological polar surface area (TPSA) is 43.4 Å². The highest BCUT2D eigenvalue weighted by atomic mass is 35.7. The molecule has 2 aromatic carbocycles. The number of hydrogen-bond acceptors (Lipinski definition) is 3. The Hall–Kier alpha value is -1.52. The Morgan fingerprint density at radius 3 is 2.33 bits per heavy atom. The van der Waals surface area contributed by atoms with Crippen LogP contribution in [0.2, 0.25) is 0 Å². The summed E-state index contributed by atoms with van der Waals surface area (Å²) in [4.78, 5) is 0. The largest absolute Gasteiger partial charge is 0.493 e. The van der Waals surface area contributed by atoms with Crippen LogP contribution in [-0.4, -0.2) is 20.8 Å². The van der Waals surface area contributed by atoms with Crippen molar-refractivity contribution in [2.75, 3.05) is 12.4 Å². The predicted molar refractivity (Wildman–Crippen MR) is 86.2 cm³/mol. The maximum atomic E-state index is 11.1. The van der Waals surface area contributed by atoms with Crippen molar-refractivity contribution in [3.05, 3.63) is 54.6 Å². The van der Waals surface area contributed by atoms with Crippen molar-refractivity contribution in [3.63, 3.8) is 0 Å². The third-order valence-corrected chi connectivity index (χ3v) is 4.32. The van der Waals surface area contributed by atoms with Gasteiger partial charge in [0.1, 0.15) is 5.75 Å². The molecule has 5 heteroatoms. The van der Waals surface area contributed by atoms with Crippen LogP contribution < -0.4 is 4.74 Å². The molecular weight excluding hydrogens is 308 g/mol. The zero-order valence-corrected chi connectivity index (χ0v) is 13.3. The molecule has 1 atom stereocenters. The van der Waals surface area contributed by atoms with Crippen LogP contribution in [0.4, 0.5) is 0 Å². The van der Waals surface area contributed by atoms with Crippen molar-refractivity contribution in [2.45, 2.75) is 6.92 Å². The molecule has 21 heavy (non-hydrogen) atoms. The first-order valence-corrected chi connectivity index (χ1v) is 9.13. The van der Waals surface area contributed by atoms with Gasteiger partial charge >= 0.3 is 0 Å². The number of para-hydroxylation sites is 1. The van der Waals surface area contributed by atoms with Gasteiger partial charge in [-0.2, -0.15) is 0 Å². The van der Waals surface area contributed by atoms with Gasteiger partial charge in [-0.25, -0.2) is 8.42 Å². The summed E-state index contributed by atoms with van der Waals surface area (Å²) >= 11 is 0. The van der Waals surface area contributed by atoms with Crippen LogP contribution in [0, 0.1) is 5.92 Å². The Kier molecular flexibility index (Phi) is 5.26. The SMILES string of the molecule is CC(COc1ccccc1-c1ccccc1)CS(=O)(=O)Cl. The third kappa shape index (κ3) is 5.06. The summed E-state index contributed by atoms with van der Waals surface area (Å²) in [5, 5.41) is 0. The Morgan fingerprint density at radius 1 is 1.05 bits per heavy atom. The molecule has 2 aromatic rings. The van der Waals surface area contributed by atoms with Crippen LogP contribution >= 0.6 is 10.7 Å². The Bertz CT molecular complexity index is 684. The molecule has 0 aliphatic rings. The van der Waals surface area contributed by atoms with Gasteiger partial charge in [0, 0.05) is 22.2 Å². The fourth-order valence-electron chi connectivity index (χ4n) is 2.07. The Balaban J connectivity index is 2.11. The first-order chi connectivity index (χ1) is 9.96. The van der Waals surface area contributed by atoms with Crippen molar-refractivity contribution < 1.29 is 13.2 Å². The number of rotatable bonds is 6. The highest BCUT2D eigenvalue weighted by Crippen LogP contribution is 2.29. The number of hydrogen-bond donors (Lipinski definition) is 0. The maximum absolute atomic E-state index is 11.1. The minimum Gasteiger partial charge on any atom is -0.493 e. The molecule has 3 nitrogen and oxygen atoms in total. The molecule has 0 aliphatic carbocycles. The highest BCUT2D eigenvalue weighted by Gasteiger charge is 2.14. The molecule has 0 bridgehead atoms. The van der Waals surface area contributed by atoms with E-state index in [2.05, 4.69) is 0 Å². The van der Waals surface area contributed by atoms with Gasteiger partial charge in [-0.1, -0.05) is 55.5 Å². The summed E-state index contributed by atoms with van der Waals surface area (Å²) in [6.07, 6.45) is 0. The van der Waals surface area contributed by atoms with Crippen LogP contribution in [0.25, 0.3) is 11.1 Å². The van der Waals surface area contributed by atoms with Crippen LogP contribution in [0.1, 0.15) is 6.92 Å². The molecule has 112 valence electrons. The monoisotopic (exact) mass is 324 g/mol. The van der Waals surface area contributed by atoms with Crippen molar-refractivity contribution in [1.29, 1.82) is 0 Å². The lowest BCUT2D eigenvalue weighted by Gasteiger charge is -2.14. The van der Waals surface area contributed by atoms with Gasteiger partial charge in [-0.05, 0) is 11.6 Å². The molecule has 0 saturated heterocycles. The number of benzene rings is 2. The van der Waals surface area contributed by atoms with Gasteiger partial charge in [0.05, 0.1) is 12.4 Å². The van der Waals surface area contributed by atoms with Crippen molar-refractivity contribution in [2.24, 2.45) is 5.92 Å². The standard InChI is InChI=1S/C16H17ClO3S/c1-13(12-21(17,18)19)11-20-16-10-6-5-9-15(16)14-7-3-2-4-8-14/h2-10,13H,11-12H2,1H3. The molecular formula is C16H17ClO3S. The minimum absolute atomic E-state index is 0.0952. The van der Waals surface area contributed by atoms with Crippen LogP contribution in [-0.2, 0) is 9.05 Å². The molecule has 0 aromatic heterocycles. The first kappa shape index (κ1) is 15.9. The Labute approximate surface area is 129 Å². The van der Waals surface area contributed by atoms with E-state index < -0.39 is 9.05 Å². The second kappa shape index (κ2) is 6.96. The smallest absolute Gasteiger partial charge is 0.232 e. The molecule has 1 unspecified atom stereocenters. The molecule has 0 spiro atoms. The van der Waals surface area contributed by atoms with Crippen molar-refractivity contribution >= 4 is 19.7 Å². The molecule has 0 N–H and O–H groups in total. The Morgan fingerprint density at radius 2 is 1.67 bits per heavy atom. The van der Waals surface area contributed by atoms with Crippen molar-refractivity contribution in [1.82, 2.24) is 0 Å². The lowest BCUT2D eigenvalue weighted by molar-refractivity contribution is 0.273. The van der Waals surface area contributed by atoms with Gasteiger partial charge in [0.15, 0.2) is 0 Å². The van der Waals surface area contributed by atoms with Gasteiger partial charge in [-0.15, -0.1) is 0 Å². The molecule has 0 amide bonds.